The van der Waals surface area contributed by atoms with E-state index in [-0.39, 0.29) is 18.9 Å². The fraction of sp³-hybridized carbons (Fsp3) is 0.938. The maximum absolute atomic E-state index is 13.4. The van der Waals surface area contributed by atoms with E-state index >= 15 is 0 Å². The summed E-state index contributed by atoms with van der Waals surface area (Å²) in [5.41, 5.74) is 0. The predicted octanol–water partition coefficient (Wildman–Crippen LogP) is 7.08. The maximum Gasteiger partial charge on any atom is 0.220 e. The van der Waals surface area contributed by atoms with Gasteiger partial charge in [-0.25, -0.2) is 0 Å². The number of unbranched alkanes of at least 4 members (excludes halogenated alkanes) is 33. The van der Waals surface area contributed by atoms with Crippen LogP contribution in [-0.4, -0.2) is 194 Å². The number of allylic oxidation sites excluding steroid dienone is 1. The lowest BCUT2D eigenvalue weighted by atomic mass is 9.95. The molecule has 17 atom stereocenters. The number of hydrogen-bond acceptors (Lipinski definition) is 18. The second-order valence-corrected chi connectivity index (χ2v) is 24.3. The first-order valence-corrected chi connectivity index (χ1v) is 33.4. The van der Waals surface area contributed by atoms with Crippen molar-refractivity contribution in [3.63, 3.8) is 0 Å². The van der Waals surface area contributed by atoms with E-state index in [2.05, 4.69) is 24.5 Å². The Balaban J connectivity index is 1.47. The Morgan fingerprint density at radius 1 is 0.464 bits per heavy atom. The number of nitrogens with one attached hydrogen (secondary N) is 2. The molecule has 3 heterocycles. The van der Waals surface area contributed by atoms with Crippen molar-refractivity contribution in [1.82, 2.24) is 10.6 Å². The number of aliphatic hydroxyl groups is 10. The van der Waals surface area contributed by atoms with Crippen molar-refractivity contribution in [2.45, 2.75) is 356 Å². The van der Waals surface area contributed by atoms with Gasteiger partial charge in [0, 0.05) is 13.3 Å². The lowest BCUT2D eigenvalue weighted by molar-refractivity contribution is -0.374. The molecule has 84 heavy (non-hydrogen) atoms. The zero-order chi connectivity index (χ0) is 61.3. The Bertz CT molecular complexity index is 1650. The zero-order valence-corrected chi connectivity index (χ0v) is 52.0. The average molecular weight is 1210 g/mol. The Labute approximate surface area is 504 Å². The fourth-order valence-electron chi connectivity index (χ4n) is 11.7. The van der Waals surface area contributed by atoms with Crippen LogP contribution < -0.4 is 10.6 Å². The van der Waals surface area contributed by atoms with Crippen LogP contribution in [0.25, 0.3) is 0 Å². The second-order valence-electron chi connectivity index (χ2n) is 24.3. The third-order valence-electron chi connectivity index (χ3n) is 17.0. The molecule has 20 heteroatoms. The number of carbonyl (C=O) groups is 2. The molecular formula is C64H120N2O18. The molecule has 20 nitrogen and oxygen atoms in total. The first-order valence-electron chi connectivity index (χ1n) is 33.4. The summed E-state index contributed by atoms with van der Waals surface area (Å²) < 4.78 is 34.9. The van der Waals surface area contributed by atoms with Crippen molar-refractivity contribution in [3.05, 3.63) is 12.2 Å². The molecule has 0 spiro atoms. The smallest absolute Gasteiger partial charge is 0.220 e. The highest BCUT2D eigenvalue weighted by atomic mass is 16.8. The molecule has 0 radical (unpaired) electrons. The van der Waals surface area contributed by atoms with E-state index in [1.807, 2.05) is 6.08 Å². The summed E-state index contributed by atoms with van der Waals surface area (Å²) in [7, 11) is 0. The van der Waals surface area contributed by atoms with E-state index in [1.165, 1.54) is 173 Å². The van der Waals surface area contributed by atoms with Gasteiger partial charge in [-0.1, -0.05) is 231 Å². The van der Waals surface area contributed by atoms with Crippen molar-refractivity contribution in [1.29, 1.82) is 0 Å². The molecule has 0 aromatic rings. The minimum atomic E-state index is -1.99. The Morgan fingerprint density at radius 3 is 1.25 bits per heavy atom. The van der Waals surface area contributed by atoms with Crippen LogP contribution in [0.4, 0.5) is 0 Å². The Hall–Kier alpha value is -1.96. The van der Waals surface area contributed by atoms with Gasteiger partial charge in [0.1, 0.15) is 73.2 Å². The van der Waals surface area contributed by atoms with Gasteiger partial charge in [0.05, 0.1) is 38.6 Å². The highest BCUT2D eigenvalue weighted by Crippen LogP contribution is 2.33. The molecule has 0 aromatic carbocycles. The fourth-order valence-corrected chi connectivity index (χ4v) is 11.7. The monoisotopic (exact) mass is 1200 g/mol. The molecule has 3 aliphatic heterocycles. The number of rotatable bonds is 50. The van der Waals surface area contributed by atoms with Gasteiger partial charge in [0.15, 0.2) is 18.9 Å². The van der Waals surface area contributed by atoms with E-state index in [9.17, 15) is 60.7 Å². The first-order chi connectivity index (χ1) is 40.7. The number of amides is 2. The number of ether oxygens (including phenoxy) is 6. The van der Waals surface area contributed by atoms with E-state index in [4.69, 9.17) is 28.4 Å². The molecule has 3 fully saturated rings. The highest BCUT2D eigenvalue weighted by molar-refractivity contribution is 5.76. The molecule has 494 valence electrons. The molecule has 0 bridgehead atoms. The van der Waals surface area contributed by atoms with Crippen molar-refractivity contribution in [2.75, 3.05) is 26.4 Å². The van der Waals surface area contributed by atoms with Gasteiger partial charge in [-0.15, -0.1) is 0 Å². The molecule has 3 rings (SSSR count). The second kappa shape index (κ2) is 47.1. The van der Waals surface area contributed by atoms with Crippen LogP contribution in [0.5, 0.6) is 0 Å². The van der Waals surface area contributed by atoms with Crippen LogP contribution in [-0.2, 0) is 38.0 Å². The molecule has 0 aromatic heterocycles. The molecule has 3 saturated heterocycles. The zero-order valence-electron chi connectivity index (χ0n) is 52.0. The summed E-state index contributed by atoms with van der Waals surface area (Å²) in [4.78, 5) is 25.4. The average Bonchev–Trinajstić information content (AvgIpc) is 2.72. The molecule has 3 aliphatic rings. The van der Waals surface area contributed by atoms with Crippen LogP contribution in [0.2, 0.25) is 0 Å². The SMILES string of the molecule is CCCCCCCCCCCCC/C=C/[C@@H](O)[C@H](CO[C@@H]1OC(CO)[C@@H](O[C@@H]2OC(CO)[C@H](O[C@@H]3OC(CO)[C@H](O)[C@H](O)C3NC(C)=O)[C@H](O)C2O)[C@H](O)C1O)NC(=O)CCCCCCCCCCCCCCCCCCCCCCCCC. The van der Waals surface area contributed by atoms with Gasteiger partial charge in [0.2, 0.25) is 11.8 Å². The van der Waals surface area contributed by atoms with Crippen molar-refractivity contribution >= 4 is 11.8 Å². The molecular weight excluding hydrogens is 1080 g/mol. The summed E-state index contributed by atoms with van der Waals surface area (Å²) >= 11 is 0. The van der Waals surface area contributed by atoms with Crippen molar-refractivity contribution < 1.29 is 89.1 Å². The Kier molecular flexibility index (Phi) is 42.7. The van der Waals surface area contributed by atoms with Gasteiger partial charge in [-0.3, -0.25) is 9.59 Å². The quantitative estimate of drug-likeness (QED) is 0.0214. The summed E-state index contributed by atoms with van der Waals surface area (Å²) in [6.45, 7) is 2.86. The summed E-state index contributed by atoms with van der Waals surface area (Å²) in [5.74, 6) is -0.920. The van der Waals surface area contributed by atoms with Crippen LogP contribution in [0, 0.1) is 0 Å². The lowest BCUT2D eigenvalue weighted by Crippen LogP contribution is -2.68. The van der Waals surface area contributed by atoms with Crippen LogP contribution in [0.15, 0.2) is 12.2 Å². The van der Waals surface area contributed by atoms with Crippen molar-refractivity contribution in [2.24, 2.45) is 0 Å². The molecule has 0 aliphatic carbocycles. The largest absolute Gasteiger partial charge is 0.394 e. The number of hydrogen-bond donors (Lipinski definition) is 12. The number of aliphatic hydroxyl groups excluding tert-OH is 10. The van der Waals surface area contributed by atoms with E-state index in [1.54, 1.807) is 6.08 Å². The van der Waals surface area contributed by atoms with Gasteiger partial charge < -0.3 is 90.1 Å². The van der Waals surface area contributed by atoms with Gasteiger partial charge >= 0.3 is 0 Å². The third-order valence-corrected chi connectivity index (χ3v) is 17.0. The van der Waals surface area contributed by atoms with E-state index < -0.39 is 130 Å². The highest BCUT2D eigenvalue weighted by Gasteiger charge is 2.54. The van der Waals surface area contributed by atoms with Crippen LogP contribution in [0.1, 0.15) is 252 Å². The minimum absolute atomic E-state index is 0.245. The summed E-state index contributed by atoms with van der Waals surface area (Å²) in [6, 6.07) is -2.40. The standard InChI is InChI=1S/C64H120N2O18/c1-4-6-8-10-12-14-16-18-19-20-21-22-23-24-25-26-27-29-31-33-35-37-39-41-52(72)66-47(48(71)40-38-36-34-32-30-28-17-15-13-11-9-7-5-2)45-79-63-58(77)56(75)61(50(43-68)81-63)84-64-59(78)57(76)60(51(44-69)82-64)83-62-53(65-46(3)70)55(74)54(73)49(42-67)80-62/h38,40,47-51,53-64,67-69,71,73-78H,4-37,39,41-45H2,1-3H3,(H,65,70)(H,66,72)/b40-38+/t47-,48+,49?,50?,51?,53?,54-,55+,56+,57+,58?,59?,60-,61+,62-,63+,64-/m0/s1. The van der Waals surface area contributed by atoms with Crippen LogP contribution >= 0.6 is 0 Å². The topological polar surface area (TPSA) is 316 Å². The van der Waals surface area contributed by atoms with Crippen molar-refractivity contribution in [3.8, 4) is 0 Å². The normalized spacial score (nSPS) is 29.1. The molecule has 12 N–H and O–H groups in total. The first kappa shape index (κ1) is 76.3. The van der Waals surface area contributed by atoms with Crippen LogP contribution in [0.3, 0.4) is 0 Å². The Morgan fingerprint density at radius 2 is 0.833 bits per heavy atom. The molecule has 2 amide bonds. The van der Waals surface area contributed by atoms with E-state index in [0.717, 1.165) is 51.9 Å². The number of carbonyl (C=O) groups excluding carboxylic acids is 2. The van der Waals surface area contributed by atoms with Gasteiger partial charge in [-0.2, -0.15) is 0 Å². The lowest BCUT2D eigenvalue weighted by Gasteiger charge is -2.48. The van der Waals surface area contributed by atoms with E-state index in [0.29, 0.717) is 6.42 Å². The maximum atomic E-state index is 13.4. The predicted molar refractivity (Wildman–Crippen MR) is 321 cm³/mol. The van der Waals surface area contributed by atoms with Gasteiger partial charge in [-0.05, 0) is 19.3 Å². The minimum Gasteiger partial charge on any atom is -0.394 e. The van der Waals surface area contributed by atoms with Gasteiger partial charge in [0.25, 0.3) is 0 Å². The molecule has 6 unspecified atom stereocenters. The summed E-state index contributed by atoms with van der Waals surface area (Å²) in [6.07, 6.45) is 22.5. The third kappa shape index (κ3) is 30.0. The summed E-state index contributed by atoms with van der Waals surface area (Å²) in [5, 5.41) is 114. The molecule has 0 saturated carbocycles.